The molecule has 2 fully saturated rings. The number of hydrogen-bond donors (Lipinski definition) is 0. The van der Waals surface area contributed by atoms with Crippen molar-refractivity contribution in [3.05, 3.63) is 0 Å². The van der Waals surface area contributed by atoms with Crippen LogP contribution in [0.1, 0.15) is 33.1 Å². The van der Waals surface area contributed by atoms with Crippen LogP contribution in [0.2, 0.25) is 0 Å². The van der Waals surface area contributed by atoms with Crippen LogP contribution >= 0.6 is 0 Å². The number of fused-ring (bicyclic) bond motifs is 1. The SMILES string of the molecule is CC1(C)CC(=O)C2CCC21. The molecule has 2 aliphatic carbocycles. The molecule has 2 rings (SSSR count). The monoisotopic (exact) mass is 138 g/mol. The van der Waals surface area contributed by atoms with Gasteiger partial charge in [0.25, 0.3) is 0 Å². The van der Waals surface area contributed by atoms with E-state index >= 15 is 0 Å². The van der Waals surface area contributed by atoms with E-state index in [2.05, 4.69) is 13.8 Å². The Morgan fingerprint density at radius 2 is 2.10 bits per heavy atom. The third-order valence-corrected chi connectivity index (χ3v) is 3.32. The molecule has 0 heterocycles. The minimum atomic E-state index is 0.333. The van der Waals surface area contributed by atoms with Crippen molar-refractivity contribution in [2.75, 3.05) is 0 Å². The molecular weight excluding hydrogens is 124 g/mol. The quantitative estimate of drug-likeness (QED) is 0.500. The van der Waals surface area contributed by atoms with Gasteiger partial charge in [0, 0.05) is 12.3 Å². The van der Waals surface area contributed by atoms with Gasteiger partial charge in [-0.05, 0) is 24.2 Å². The molecule has 2 saturated carbocycles. The third-order valence-electron chi connectivity index (χ3n) is 3.32. The van der Waals surface area contributed by atoms with Crippen molar-refractivity contribution in [2.45, 2.75) is 33.1 Å². The van der Waals surface area contributed by atoms with E-state index in [-0.39, 0.29) is 0 Å². The minimum Gasteiger partial charge on any atom is -0.299 e. The average molecular weight is 138 g/mol. The van der Waals surface area contributed by atoms with Crippen LogP contribution in [0.3, 0.4) is 0 Å². The summed E-state index contributed by atoms with van der Waals surface area (Å²) in [4.78, 5) is 11.3. The predicted octanol–water partition coefficient (Wildman–Crippen LogP) is 2.01. The maximum atomic E-state index is 11.3. The highest BCUT2D eigenvalue weighted by atomic mass is 16.1. The molecule has 0 N–H and O–H groups in total. The zero-order valence-corrected chi connectivity index (χ0v) is 6.68. The van der Waals surface area contributed by atoms with Gasteiger partial charge in [0.05, 0.1) is 0 Å². The number of ketones is 1. The molecular formula is C9H14O. The lowest BCUT2D eigenvalue weighted by Crippen LogP contribution is -2.31. The molecule has 0 aromatic carbocycles. The van der Waals surface area contributed by atoms with Gasteiger partial charge in [-0.2, -0.15) is 0 Å². The van der Waals surface area contributed by atoms with Crippen LogP contribution in [0.15, 0.2) is 0 Å². The molecule has 0 bridgehead atoms. The molecule has 0 aliphatic heterocycles. The molecule has 2 unspecified atom stereocenters. The van der Waals surface area contributed by atoms with Crippen molar-refractivity contribution >= 4 is 5.78 Å². The maximum absolute atomic E-state index is 11.3. The Labute approximate surface area is 61.8 Å². The Balaban J connectivity index is 2.24. The van der Waals surface area contributed by atoms with Crippen molar-refractivity contribution in [3.63, 3.8) is 0 Å². The highest BCUT2D eigenvalue weighted by Crippen LogP contribution is 2.54. The molecule has 10 heavy (non-hydrogen) atoms. The minimum absolute atomic E-state index is 0.333. The van der Waals surface area contributed by atoms with Gasteiger partial charge in [0.1, 0.15) is 5.78 Å². The lowest BCUT2D eigenvalue weighted by atomic mass is 9.67. The fourth-order valence-corrected chi connectivity index (χ4v) is 2.53. The Morgan fingerprint density at radius 1 is 1.40 bits per heavy atom. The Kier molecular flexibility index (Phi) is 1.04. The van der Waals surface area contributed by atoms with Gasteiger partial charge in [-0.15, -0.1) is 0 Å². The fraction of sp³-hybridized carbons (Fsp3) is 0.889. The second kappa shape index (κ2) is 1.63. The lowest BCUT2D eigenvalue weighted by molar-refractivity contribution is -0.123. The zero-order valence-electron chi connectivity index (χ0n) is 6.68. The summed E-state index contributed by atoms with van der Waals surface area (Å²) < 4.78 is 0. The topological polar surface area (TPSA) is 17.1 Å². The molecule has 1 heteroatoms. The molecule has 56 valence electrons. The van der Waals surface area contributed by atoms with Gasteiger partial charge >= 0.3 is 0 Å². The first kappa shape index (κ1) is 6.38. The number of rotatable bonds is 0. The molecule has 0 spiro atoms. The number of carbonyl (C=O) groups is 1. The summed E-state index contributed by atoms with van der Waals surface area (Å²) in [7, 11) is 0. The van der Waals surface area contributed by atoms with Gasteiger partial charge in [0.2, 0.25) is 0 Å². The van der Waals surface area contributed by atoms with Gasteiger partial charge in [-0.25, -0.2) is 0 Å². The van der Waals surface area contributed by atoms with Crippen LogP contribution < -0.4 is 0 Å². The van der Waals surface area contributed by atoms with Crippen molar-refractivity contribution in [1.82, 2.24) is 0 Å². The molecule has 2 aliphatic rings. The van der Waals surface area contributed by atoms with Crippen molar-refractivity contribution in [3.8, 4) is 0 Å². The maximum Gasteiger partial charge on any atom is 0.136 e. The molecule has 0 aromatic rings. The van der Waals surface area contributed by atoms with Crippen LogP contribution in [0.5, 0.6) is 0 Å². The summed E-state index contributed by atoms with van der Waals surface area (Å²) in [6, 6.07) is 0. The Morgan fingerprint density at radius 3 is 2.30 bits per heavy atom. The summed E-state index contributed by atoms with van der Waals surface area (Å²) in [5.74, 6) is 1.73. The van der Waals surface area contributed by atoms with Crippen LogP contribution in [-0.2, 0) is 4.79 Å². The summed E-state index contributed by atoms with van der Waals surface area (Å²) in [5.41, 5.74) is 0.333. The van der Waals surface area contributed by atoms with E-state index in [0.29, 0.717) is 17.1 Å². The summed E-state index contributed by atoms with van der Waals surface area (Å²) in [5, 5.41) is 0. The highest BCUT2D eigenvalue weighted by molar-refractivity contribution is 5.85. The van der Waals surface area contributed by atoms with Gasteiger partial charge in [-0.1, -0.05) is 13.8 Å². The standard InChI is InChI=1S/C9H14O/c1-9(2)5-8(10)6-3-4-7(6)9/h6-7H,3-5H2,1-2H3. The van der Waals surface area contributed by atoms with Crippen LogP contribution in [0.4, 0.5) is 0 Å². The van der Waals surface area contributed by atoms with Gasteiger partial charge in [0.15, 0.2) is 0 Å². The summed E-state index contributed by atoms with van der Waals surface area (Å²) >= 11 is 0. The first-order valence-corrected chi connectivity index (χ1v) is 4.14. The van der Waals surface area contributed by atoms with E-state index in [4.69, 9.17) is 0 Å². The van der Waals surface area contributed by atoms with Crippen LogP contribution in [0, 0.1) is 17.3 Å². The number of hydrogen-bond acceptors (Lipinski definition) is 1. The number of carbonyl (C=O) groups excluding carboxylic acids is 1. The molecule has 0 aromatic heterocycles. The first-order chi connectivity index (χ1) is 4.61. The van der Waals surface area contributed by atoms with Gasteiger partial charge < -0.3 is 0 Å². The van der Waals surface area contributed by atoms with Crippen molar-refractivity contribution in [1.29, 1.82) is 0 Å². The molecule has 2 atom stereocenters. The van der Waals surface area contributed by atoms with E-state index in [1.165, 1.54) is 12.8 Å². The van der Waals surface area contributed by atoms with E-state index in [0.717, 1.165) is 12.3 Å². The van der Waals surface area contributed by atoms with Crippen LogP contribution in [-0.4, -0.2) is 5.78 Å². The summed E-state index contributed by atoms with van der Waals surface area (Å²) in [6.45, 7) is 4.46. The zero-order chi connectivity index (χ0) is 7.35. The van der Waals surface area contributed by atoms with Crippen molar-refractivity contribution < 1.29 is 4.79 Å². The highest BCUT2D eigenvalue weighted by Gasteiger charge is 2.52. The average Bonchev–Trinajstić information content (AvgIpc) is 1.66. The Hall–Kier alpha value is -0.330. The Bertz CT molecular complexity index is 181. The van der Waals surface area contributed by atoms with Crippen LogP contribution in [0.25, 0.3) is 0 Å². The smallest absolute Gasteiger partial charge is 0.136 e. The lowest BCUT2D eigenvalue weighted by Gasteiger charge is -2.37. The second-order valence-electron chi connectivity index (χ2n) is 4.42. The molecule has 0 radical (unpaired) electrons. The van der Waals surface area contributed by atoms with E-state index in [1.54, 1.807) is 0 Å². The first-order valence-electron chi connectivity index (χ1n) is 4.14. The largest absolute Gasteiger partial charge is 0.299 e. The molecule has 1 nitrogen and oxygen atoms in total. The van der Waals surface area contributed by atoms with E-state index < -0.39 is 0 Å². The van der Waals surface area contributed by atoms with Gasteiger partial charge in [-0.3, -0.25) is 4.79 Å². The van der Waals surface area contributed by atoms with E-state index in [9.17, 15) is 4.79 Å². The normalized spacial score (nSPS) is 42.8. The molecule has 0 amide bonds. The summed E-state index contributed by atoms with van der Waals surface area (Å²) in [6.07, 6.45) is 3.30. The molecule has 0 saturated heterocycles. The fourth-order valence-electron chi connectivity index (χ4n) is 2.53. The van der Waals surface area contributed by atoms with Crippen molar-refractivity contribution in [2.24, 2.45) is 17.3 Å². The predicted molar refractivity (Wildman–Crippen MR) is 39.6 cm³/mol. The third kappa shape index (κ3) is 0.609. The second-order valence-corrected chi connectivity index (χ2v) is 4.42. The number of Topliss-reactive ketones (excluding diaryl/α,β-unsaturated/α-hetero) is 1. The van der Waals surface area contributed by atoms with E-state index in [1.807, 2.05) is 0 Å².